The van der Waals surface area contributed by atoms with Gasteiger partial charge in [-0.1, -0.05) is 39.0 Å². The highest BCUT2D eigenvalue weighted by molar-refractivity contribution is 7.61. The van der Waals surface area contributed by atoms with Gasteiger partial charge in [0, 0.05) is 23.8 Å². The van der Waals surface area contributed by atoms with Gasteiger partial charge in [-0.15, -0.1) is 0 Å². The number of nitrogens with one attached hydrogen (secondary N) is 2. The Kier molecular flexibility index (Phi) is 8.33. The lowest BCUT2D eigenvalue weighted by Gasteiger charge is -2.23. The van der Waals surface area contributed by atoms with E-state index in [1.54, 1.807) is 42.7 Å². The van der Waals surface area contributed by atoms with E-state index < -0.39 is 12.7 Å². The van der Waals surface area contributed by atoms with E-state index in [9.17, 15) is 24.6 Å². The van der Waals surface area contributed by atoms with Crippen molar-refractivity contribution in [2.24, 2.45) is 0 Å². The van der Waals surface area contributed by atoms with E-state index in [2.05, 4.69) is 25.6 Å². The molecule has 14 heteroatoms. The summed E-state index contributed by atoms with van der Waals surface area (Å²) < 4.78 is 13.3. The fraction of sp³-hybridized carbons (Fsp3) is 0.261. The van der Waals surface area contributed by atoms with E-state index in [0.717, 1.165) is 5.56 Å². The predicted molar refractivity (Wildman–Crippen MR) is 146 cm³/mol. The second-order valence-electron chi connectivity index (χ2n) is 8.51. The number of nitrogens with zero attached hydrogens (tertiary/aromatic N) is 4. The summed E-state index contributed by atoms with van der Waals surface area (Å²) in [5, 5.41) is 24.4. The molecule has 4 aromatic rings. The summed E-state index contributed by atoms with van der Waals surface area (Å²) in [5.74, 6) is 0.925. The molecule has 0 aliphatic carbocycles. The molecule has 11 nitrogen and oxygen atoms in total. The summed E-state index contributed by atoms with van der Waals surface area (Å²) in [6.45, 7) is 0.811. The summed E-state index contributed by atoms with van der Waals surface area (Å²) in [6, 6.07) is 14.2. The molecule has 0 saturated heterocycles. The highest BCUT2D eigenvalue weighted by atomic mass is 35.5. The van der Waals surface area contributed by atoms with Crippen LogP contribution >= 0.6 is 28.4 Å². The zero-order valence-electron chi connectivity index (χ0n) is 19.6. The maximum atomic E-state index is 11.4. The first-order valence-electron chi connectivity index (χ1n) is 11.4. The lowest BCUT2D eigenvalue weighted by atomic mass is 10.1. The first-order valence-corrected chi connectivity index (χ1v) is 13.9. The second kappa shape index (κ2) is 11.3. The average Bonchev–Trinajstić information content (AvgIpc) is 3.23. The molecular formula is C23H27ClN6O5P2. The Morgan fingerprint density at radius 3 is 2.65 bits per heavy atom. The number of aromatic nitrogens is 4. The SMILES string of the molecule is O=P(O)(O)C(O)(P)CCCNc1nc(Nc2cccc(Cl)c2)c2ncn(CCc3cccc(O)c3)c2n1. The topological polar surface area (TPSA) is 166 Å². The van der Waals surface area contributed by atoms with Crippen molar-refractivity contribution >= 4 is 57.1 Å². The molecule has 0 radical (unpaired) electrons. The molecule has 196 valence electrons. The number of aromatic hydroxyl groups is 1. The first-order chi connectivity index (χ1) is 17.5. The minimum Gasteiger partial charge on any atom is -0.508 e. The lowest BCUT2D eigenvalue weighted by molar-refractivity contribution is 0.162. The van der Waals surface area contributed by atoms with Gasteiger partial charge in [-0.2, -0.15) is 9.97 Å². The van der Waals surface area contributed by atoms with E-state index in [0.29, 0.717) is 40.7 Å². The van der Waals surface area contributed by atoms with Crippen LogP contribution in [-0.2, 0) is 17.5 Å². The highest BCUT2D eigenvalue weighted by Gasteiger charge is 2.39. The minimum atomic E-state index is -4.69. The van der Waals surface area contributed by atoms with Crippen molar-refractivity contribution in [3.05, 3.63) is 65.4 Å². The Bertz CT molecular complexity index is 1440. The van der Waals surface area contributed by atoms with Crippen LogP contribution in [0.3, 0.4) is 0 Å². The molecule has 2 aromatic carbocycles. The number of halogens is 1. The van der Waals surface area contributed by atoms with Gasteiger partial charge in [-0.05, 0) is 55.2 Å². The Hall–Kier alpha value is -2.78. The van der Waals surface area contributed by atoms with E-state index in [4.69, 9.17) is 11.6 Å². The van der Waals surface area contributed by atoms with Gasteiger partial charge in [-0.25, -0.2) is 4.98 Å². The maximum Gasteiger partial charge on any atom is 0.360 e. The minimum absolute atomic E-state index is 0.146. The standard InChI is InChI=1S/C23H27ClN6O5P2/c24-16-5-2-6-17(13-16)27-20-19-21(30(14-26-19)11-8-15-4-1-7-18(31)12-15)29-22(28-20)25-10-3-9-23(32,36)37(33,34)35/h1-2,4-7,12-14,31-32H,3,8-11,36H2,(H2,33,34,35)(H2,25,27,28,29). The summed E-state index contributed by atoms with van der Waals surface area (Å²) in [5.41, 5.74) is 2.78. The summed E-state index contributed by atoms with van der Waals surface area (Å²) in [6.07, 6.45) is 2.41. The lowest BCUT2D eigenvalue weighted by Crippen LogP contribution is -2.21. The van der Waals surface area contributed by atoms with Crippen LogP contribution in [-0.4, -0.2) is 51.1 Å². The normalized spacial score (nSPS) is 13.4. The van der Waals surface area contributed by atoms with Gasteiger partial charge in [0.15, 0.2) is 22.1 Å². The van der Waals surface area contributed by atoms with Crippen LogP contribution in [0.5, 0.6) is 5.75 Å². The van der Waals surface area contributed by atoms with Gasteiger partial charge in [0.2, 0.25) is 5.95 Å². The number of fused-ring (bicyclic) bond motifs is 1. The van der Waals surface area contributed by atoms with Gasteiger partial charge < -0.3 is 35.2 Å². The maximum absolute atomic E-state index is 11.4. The van der Waals surface area contributed by atoms with Crippen LogP contribution in [0.25, 0.3) is 11.2 Å². The first kappa shape index (κ1) is 27.3. The number of benzene rings is 2. The number of hydrogen-bond donors (Lipinski definition) is 6. The molecule has 2 unspecified atom stereocenters. The van der Waals surface area contributed by atoms with E-state index in [1.807, 2.05) is 25.9 Å². The highest BCUT2D eigenvalue weighted by Crippen LogP contribution is 2.55. The van der Waals surface area contributed by atoms with Gasteiger partial charge in [0.25, 0.3) is 0 Å². The monoisotopic (exact) mass is 564 g/mol. The molecule has 0 bridgehead atoms. The third-order valence-corrected chi connectivity index (χ3v) is 8.38. The molecule has 6 N–H and O–H groups in total. The van der Waals surface area contributed by atoms with Gasteiger partial charge in [0.05, 0.1) is 6.33 Å². The van der Waals surface area contributed by atoms with Crippen molar-refractivity contribution in [2.75, 3.05) is 17.2 Å². The molecule has 0 fully saturated rings. The quantitative estimate of drug-likeness (QED) is 0.115. The molecule has 0 saturated carbocycles. The molecule has 2 atom stereocenters. The zero-order valence-corrected chi connectivity index (χ0v) is 22.4. The summed E-state index contributed by atoms with van der Waals surface area (Å²) >= 11 is 6.13. The van der Waals surface area contributed by atoms with Crippen molar-refractivity contribution < 1.29 is 24.6 Å². The number of imidazole rings is 1. The van der Waals surface area contributed by atoms with Crippen LogP contribution in [0.4, 0.5) is 17.5 Å². The molecule has 0 aliphatic heterocycles. The van der Waals surface area contributed by atoms with E-state index in [1.165, 1.54) is 0 Å². The molecule has 0 spiro atoms. The number of phenolic OH excluding ortho intramolecular Hbond substituents is 1. The number of anilines is 3. The number of phenols is 1. The number of rotatable bonds is 11. The zero-order chi connectivity index (χ0) is 26.6. The summed E-state index contributed by atoms with van der Waals surface area (Å²) in [4.78, 5) is 32.2. The van der Waals surface area contributed by atoms with Crippen molar-refractivity contribution in [2.45, 2.75) is 30.9 Å². The van der Waals surface area contributed by atoms with Crippen LogP contribution in [0.15, 0.2) is 54.9 Å². The fourth-order valence-electron chi connectivity index (χ4n) is 3.63. The van der Waals surface area contributed by atoms with Crippen LogP contribution in [0.1, 0.15) is 18.4 Å². The molecule has 4 rings (SSSR count). The van der Waals surface area contributed by atoms with Gasteiger partial charge in [-0.3, -0.25) is 4.57 Å². The molecule has 0 amide bonds. The molecular weight excluding hydrogens is 538 g/mol. The molecule has 2 heterocycles. The largest absolute Gasteiger partial charge is 0.508 e. The van der Waals surface area contributed by atoms with Crippen molar-refractivity contribution in [3.63, 3.8) is 0 Å². The van der Waals surface area contributed by atoms with E-state index >= 15 is 0 Å². The molecule has 37 heavy (non-hydrogen) atoms. The third kappa shape index (κ3) is 6.96. The third-order valence-electron chi connectivity index (χ3n) is 5.61. The fourth-order valence-corrected chi connectivity index (χ4v) is 4.48. The van der Waals surface area contributed by atoms with Crippen LogP contribution < -0.4 is 10.6 Å². The van der Waals surface area contributed by atoms with Crippen LogP contribution in [0, 0.1) is 0 Å². The van der Waals surface area contributed by atoms with Crippen molar-refractivity contribution in [3.8, 4) is 5.75 Å². The Morgan fingerprint density at radius 1 is 1.14 bits per heavy atom. The predicted octanol–water partition coefficient (Wildman–Crippen LogP) is 4.06. The average molecular weight is 565 g/mol. The summed E-state index contributed by atoms with van der Waals surface area (Å²) in [7, 11) is -2.86. The second-order valence-corrected chi connectivity index (χ2v) is 12.3. The van der Waals surface area contributed by atoms with Gasteiger partial charge in [0.1, 0.15) is 5.75 Å². The Balaban J connectivity index is 1.57. The molecule has 2 aromatic heterocycles. The number of aliphatic hydroxyl groups is 1. The number of hydrogen-bond acceptors (Lipinski definition) is 8. The smallest absolute Gasteiger partial charge is 0.360 e. The van der Waals surface area contributed by atoms with Gasteiger partial charge >= 0.3 is 7.60 Å². The molecule has 0 aliphatic rings. The Morgan fingerprint density at radius 2 is 1.92 bits per heavy atom. The number of aryl methyl sites for hydroxylation is 2. The van der Waals surface area contributed by atoms with Crippen molar-refractivity contribution in [1.29, 1.82) is 0 Å². The Labute approximate surface area is 220 Å². The van der Waals surface area contributed by atoms with Crippen molar-refractivity contribution in [1.82, 2.24) is 19.5 Å². The van der Waals surface area contributed by atoms with Crippen LogP contribution in [0.2, 0.25) is 5.02 Å². The van der Waals surface area contributed by atoms with E-state index in [-0.39, 0.29) is 31.1 Å².